The quantitative estimate of drug-likeness (QED) is 0.848. The van der Waals surface area contributed by atoms with E-state index < -0.39 is 0 Å². The molecule has 4 heteroatoms. The second-order valence-corrected chi connectivity index (χ2v) is 6.84. The third-order valence-electron chi connectivity index (χ3n) is 5.19. The van der Waals surface area contributed by atoms with Crippen LogP contribution in [-0.4, -0.2) is 36.2 Å². The molecule has 134 valence electrons. The summed E-state index contributed by atoms with van der Waals surface area (Å²) in [6, 6.07) is 13.4. The lowest BCUT2D eigenvalue weighted by Gasteiger charge is -2.36. The van der Waals surface area contributed by atoms with E-state index in [-0.39, 0.29) is 24.2 Å². The molecule has 1 heterocycles. The summed E-state index contributed by atoms with van der Waals surface area (Å²) >= 11 is 0. The molecule has 1 saturated heterocycles. The average molecular weight is 345 g/mol. The van der Waals surface area contributed by atoms with Gasteiger partial charge in [0, 0.05) is 19.1 Å². The van der Waals surface area contributed by atoms with Crippen molar-refractivity contribution < 1.29 is 13.9 Å². The summed E-state index contributed by atoms with van der Waals surface area (Å²) < 4.78 is 26.7. The van der Waals surface area contributed by atoms with Crippen molar-refractivity contribution in [2.45, 2.75) is 25.2 Å². The molecule has 0 saturated carbocycles. The van der Waals surface area contributed by atoms with Crippen LogP contribution >= 0.6 is 0 Å². The Kier molecular flexibility index (Phi) is 6.16. The highest BCUT2D eigenvalue weighted by molar-refractivity contribution is 5.34. The Labute approximate surface area is 148 Å². The van der Waals surface area contributed by atoms with Gasteiger partial charge in [-0.15, -0.1) is 0 Å². The number of aliphatic hydroxyl groups excluding tert-OH is 1. The molecule has 0 atom stereocenters. The van der Waals surface area contributed by atoms with Crippen LogP contribution in [0.15, 0.2) is 48.5 Å². The minimum atomic E-state index is -0.236. The normalized spacial score (nSPS) is 16.5. The lowest BCUT2D eigenvalue weighted by atomic mass is 9.76. The maximum Gasteiger partial charge on any atom is 0.123 e. The highest BCUT2D eigenvalue weighted by atomic mass is 19.1. The fourth-order valence-electron chi connectivity index (χ4n) is 3.88. The number of nitrogens with zero attached hydrogens (tertiary/aromatic N) is 1. The largest absolute Gasteiger partial charge is 0.396 e. The number of hydrogen-bond acceptors (Lipinski definition) is 2. The number of aliphatic hydroxyl groups is 1. The minimum Gasteiger partial charge on any atom is -0.396 e. The zero-order valence-electron chi connectivity index (χ0n) is 14.4. The lowest BCUT2D eigenvalue weighted by Crippen LogP contribution is -2.36. The Balaban J connectivity index is 1.80. The number of hydrogen-bond donors (Lipinski definition) is 1. The van der Waals surface area contributed by atoms with Crippen molar-refractivity contribution in [3.05, 3.63) is 71.3 Å². The molecule has 0 aromatic heterocycles. The molecule has 1 aliphatic rings. The van der Waals surface area contributed by atoms with Gasteiger partial charge in [-0.05, 0) is 73.7 Å². The maximum absolute atomic E-state index is 13.3. The molecule has 1 aliphatic heterocycles. The number of halogens is 2. The minimum absolute atomic E-state index is 0.154. The molecule has 3 rings (SSSR count). The third-order valence-corrected chi connectivity index (χ3v) is 5.19. The fourth-order valence-corrected chi connectivity index (χ4v) is 3.88. The van der Waals surface area contributed by atoms with E-state index in [9.17, 15) is 8.78 Å². The summed E-state index contributed by atoms with van der Waals surface area (Å²) in [6.45, 7) is 3.17. The van der Waals surface area contributed by atoms with Gasteiger partial charge >= 0.3 is 0 Å². The van der Waals surface area contributed by atoms with Crippen LogP contribution in [-0.2, 0) is 0 Å². The van der Waals surface area contributed by atoms with Gasteiger partial charge in [0.1, 0.15) is 11.6 Å². The Morgan fingerprint density at radius 3 is 1.80 bits per heavy atom. The van der Waals surface area contributed by atoms with Gasteiger partial charge in [-0.25, -0.2) is 8.78 Å². The molecule has 0 aliphatic carbocycles. The second-order valence-electron chi connectivity index (χ2n) is 6.84. The first-order valence-electron chi connectivity index (χ1n) is 9.01. The van der Waals surface area contributed by atoms with Gasteiger partial charge in [0.2, 0.25) is 0 Å². The Bertz CT molecular complexity index is 603. The summed E-state index contributed by atoms with van der Waals surface area (Å²) in [7, 11) is 0. The predicted octanol–water partition coefficient (Wildman–Crippen LogP) is 4.19. The molecule has 0 bridgehead atoms. The standard InChI is InChI=1S/C21H25F2NO/c22-19-6-2-16(3-7-19)21(17-4-8-20(23)9-5-17)18-10-13-24(14-11-18)12-1-15-25/h2-9,18,21,25H,1,10-15H2. The third kappa shape index (κ3) is 4.65. The summed E-state index contributed by atoms with van der Waals surface area (Å²) in [5.74, 6) is 0.128. The molecule has 1 N–H and O–H groups in total. The Morgan fingerprint density at radius 1 is 0.880 bits per heavy atom. The molecular weight excluding hydrogens is 320 g/mol. The average Bonchev–Trinajstić information content (AvgIpc) is 2.64. The molecule has 25 heavy (non-hydrogen) atoms. The molecule has 0 unspecified atom stereocenters. The molecule has 0 amide bonds. The van der Waals surface area contributed by atoms with Gasteiger partial charge in [-0.1, -0.05) is 24.3 Å². The van der Waals surface area contributed by atoms with Crippen molar-refractivity contribution in [2.24, 2.45) is 5.92 Å². The molecule has 1 fully saturated rings. The Hall–Kier alpha value is -1.78. The fraction of sp³-hybridized carbons (Fsp3) is 0.429. The maximum atomic E-state index is 13.3. The van der Waals surface area contributed by atoms with Gasteiger partial charge < -0.3 is 10.0 Å². The number of piperidine rings is 1. The first kappa shape index (κ1) is 18.0. The van der Waals surface area contributed by atoms with Crippen LogP contribution in [0, 0.1) is 17.6 Å². The van der Waals surface area contributed by atoms with Gasteiger partial charge in [0.15, 0.2) is 0 Å². The van der Waals surface area contributed by atoms with E-state index in [1.165, 1.54) is 24.3 Å². The first-order chi connectivity index (χ1) is 12.2. The van der Waals surface area contributed by atoms with Crippen LogP contribution in [0.1, 0.15) is 36.3 Å². The van der Waals surface area contributed by atoms with Gasteiger partial charge in [-0.3, -0.25) is 0 Å². The predicted molar refractivity (Wildman–Crippen MR) is 95.5 cm³/mol. The van der Waals surface area contributed by atoms with Crippen molar-refractivity contribution in [1.82, 2.24) is 4.90 Å². The molecule has 0 radical (unpaired) electrons. The number of rotatable bonds is 6. The van der Waals surface area contributed by atoms with E-state index in [2.05, 4.69) is 4.90 Å². The zero-order chi connectivity index (χ0) is 17.6. The van der Waals surface area contributed by atoms with Crippen LogP contribution in [0.3, 0.4) is 0 Å². The second kappa shape index (κ2) is 8.54. The van der Waals surface area contributed by atoms with E-state index in [1.54, 1.807) is 0 Å². The molecule has 2 aromatic carbocycles. The zero-order valence-corrected chi connectivity index (χ0v) is 14.4. The monoisotopic (exact) mass is 345 g/mol. The van der Waals surface area contributed by atoms with Crippen LogP contribution in [0.5, 0.6) is 0 Å². The smallest absolute Gasteiger partial charge is 0.123 e. The first-order valence-corrected chi connectivity index (χ1v) is 9.01. The van der Waals surface area contributed by atoms with Gasteiger partial charge in [0.25, 0.3) is 0 Å². The van der Waals surface area contributed by atoms with Crippen molar-refractivity contribution in [1.29, 1.82) is 0 Å². The van der Waals surface area contributed by atoms with Crippen LogP contribution in [0.2, 0.25) is 0 Å². The van der Waals surface area contributed by atoms with Crippen molar-refractivity contribution in [2.75, 3.05) is 26.2 Å². The SMILES string of the molecule is OCCCN1CCC(C(c2ccc(F)cc2)c2ccc(F)cc2)CC1. The van der Waals surface area contributed by atoms with E-state index >= 15 is 0 Å². The number of likely N-dealkylation sites (tertiary alicyclic amines) is 1. The Morgan fingerprint density at radius 2 is 1.36 bits per heavy atom. The van der Waals surface area contributed by atoms with Crippen molar-refractivity contribution >= 4 is 0 Å². The van der Waals surface area contributed by atoms with Gasteiger partial charge in [0.05, 0.1) is 0 Å². The summed E-state index contributed by atoms with van der Waals surface area (Å²) in [6.07, 6.45) is 2.90. The van der Waals surface area contributed by atoms with Crippen molar-refractivity contribution in [3.63, 3.8) is 0 Å². The highest BCUT2D eigenvalue weighted by Crippen LogP contribution is 2.38. The number of benzene rings is 2. The molecule has 2 aromatic rings. The van der Waals surface area contributed by atoms with E-state index in [0.29, 0.717) is 5.92 Å². The highest BCUT2D eigenvalue weighted by Gasteiger charge is 2.28. The van der Waals surface area contributed by atoms with Crippen LogP contribution < -0.4 is 0 Å². The lowest BCUT2D eigenvalue weighted by molar-refractivity contribution is 0.160. The van der Waals surface area contributed by atoms with E-state index in [4.69, 9.17) is 5.11 Å². The van der Waals surface area contributed by atoms with Crippen molar-refractivity contribution in [3.8, 4) is 0 Å². The molecular formula is C21H25F2NO. The van der Waals surface area contributed by atoms with E-state index in [1.807, 2.05) is 24.3 Å². The van der Waals surface area contributed by atoms with Gasteiger partial charge in [-0.2, -0.15) is 0 Å². The molecule has 2 nitrogen and oxygen atoms in total. The molecule has 0 spiro atoms. The summed E-state index contributed by atoms with van der Waals surface area (Å²) in [5, 5.41) is 8.99. The summed E-state index contributed by atoms with van der Waals surface area (Å²) in [4.78, 5) is 2.39. The topological polar surface area (TPSA) is 23.5 Å². The summed E-state index contributed by atoms with van der Waals surface area (Å²) in [5.41, 5.74) is 2.17. The van der Waals surface area contributed by atoms with Crippen LogP contribution in [0.4, 0.5) is 8.78 Å². The van der Waals surface area contributed by atoms with E-state index in [0.717, 1.165) is 50.0 Å². The van der Waals surface area contributed by atoms with Crippen LogP contribution in [0.25, 0.3) is 0 Å².